The Morgan fingerprint density at radius 2 is 1.79 bits per heavy atom. The van der Waals surface area contributed by atoms with E-state index in [1.54, 1.807) is 38.1 Å². The van der Waals surface area contributed by atoms with E-state index < -0.39 is 42.1 Å². The van der Waals surface area contributed by atoms with E-state index in [0.717, 1.165) is 5.39 Å². The minimum Gasteiger partial charge on any atom is -0.466 e. The molecule has 3 N–H and O–H groups in total. The molecule has 0 bridgehead atoms. The van der Waals surface area contributed by atoms with Gasteiger partial charge in [-0.2, -0.15) is 0 Å². The third-order valence-electron chi connectivity index (χ3n) is 4.13. The Bertz CT molecular complexity index is 914. The Hall–Kier alpha value is -3.49. The maximum atomic E-state index is 12.7. The van der Waals surface area contributed by atoms with Crippen molar-refractivity contribution in [1.29, 1.82) is 0 Å². The number of amides is 2. The number of carbonyl (C=O) groups excluding carboxylic acids is 4. The van der Waals surface area contributed by atoms with Crippen molar-refractivity contribution in [2.45, 2.75) is 26.3 Å². The van der Waals surface area contributed by atoms with Crippen LogP contribution in [0.3, 0.4) is 0 Å². The molecule has 9 nitrogen and oxygen atoms in total. The van der Waals surface area contributed by atoms with E-state index >= 15 is 0 Å². The minimum atomic E-state index is -1.46. The lowest BCUT2D eigenvalue weighted by Gasteiger charge is -2.23. The summed E-state index contributed by atoms with van der Waals surface area (Å²) in [5.41, 5.74) is 6.28. The molecule has 2 rings (SSSR count). The third-order valence-corrected chi connectivity index (χ3v) is 4.13. The highest BCUT2D eigenvalue weighted by Crippen LogP contribution is 2.16. The summed E-state index contributed by atoms with van der Waals surface area (Å²) in [4.78, 5) is 53.1. The molecule has 154 valence electrons. The zero-order chi connectivity index (χ0) is 21.4. The van der Waals surface area contributed by atoms with Crippen LogP contribution in [0, 0.1) is 5.92 Å². The van der Waals surface area contributed by atoms with Crippen LogP contribution in [0.4, 0.5) is 0 Å². The van der Waals surface area contributed by atoms with Crippen LogP contribution >= 0.6 is 0 Å². The van der Waals surface area contributed by atoms with Gasteiger partial charge >= 0.3 is 11.9 Å². The van der Waals surface area contributed by atoms with E-state index in [1.807, 2.05) is 6.07 Å². The van der Waals surface area contributed by atoms with Crippen molar-refractivity contribution < 1.29 is 28.7 Å². The molecular weight excluding hydrogens is 378 g/mol. The number of fused-ring (bicyclic) bond motifs is 1. The second kappa shape index (κ2) is 10.2. The molecule has 9 heteroatoms. The number of ether oxygens (including phenoxy) is 2. The average Bonchev–Trinajstić information content (AvgIpc) is 2.70. The average molecular weight is 401 g/mol. The highest BCUT2D eigenvalue weighted by Gasteiger charge is 2.37. The fourth-order valence-corrected chi connectivity index (χ4v) is 2.78. The normalized spacial score (nSPS) is 12.6. The van der Waals surface area contributed by atoms with Crippen LogP contribution in [0.1, 0.15) is 30.6 Å². The Morgan fingerprint density at radius 3 is 2.45 bits per heavy atom. The number of nitrogens with one attached hydrogen (secondary N) is 1. The van der Waals surface area contributed by atoms with Gasteiger partial charge in [-0.25, -0.2) is 0 Å². The van der Waals surface area contributed by atoms with E-state index in [-0.39, 0.29) is 18.8 Å². The number of nitrogens with two attached hydrogens (primary N) is 1. The van der Waals surface area contributed by atoms with E-state index in [0.29, 0.717) is 5.52 Å². The van der Waals surface area contributed by atoms with Crippen LogP contribution in [0.15, 0.2) is 36.5 Å². The first kappa shape index (κ1) is 21.8. The standard InChI is InChI=1S/C20H23N3O6/c1-3-28-16(24)10-14(20(27)29-4-2)17(18(21)25)23-19(26)13-9-12-7-5-6-8-15(12)22-11-13/h5-9,11,14,17H,3-4,10H2,1-2H3,(H2,21,25)(H,23,26)/t14-,17+/m1/s1. The molecule has 0 radical (unpaired) electrons. The van der Waals surface area contributed by atoms with Gasteiger partial charge in [0.1, 0.15) is 6.04 Å². The molecule has 2 aromatic rings. The highest BCUT2D eigenvalue weighted by atomic mass is 16.5. The molecule has 0 saturated carbocycles. The first-order chi connectivity index (χ1) is 13.9. The Morgan fingerprint density at radius 1 is 1.10 bits per heavy atom. The van der Waals surface area contributed by atoms with E-state index in [9.17, 15) is 19.2 Å². The van der Waals surface area contributed by atoms with Crippen LogP contribution in [-0.4, -0.2) is 48.0 Å². The SMILES string of the molecule is CCOC(=O)C[C@@H](C(=O)OCC)[C@H](NC(=O)c1cnc2ccccc2c1)C(N)=O. The molecule has 1 aromatic carbocycles. The molecule has 0 saturated heterocycles. The smallest absolute Gasteiger partial charge is 0.312 e. The zero-order valence-corrected chi connectivity index (χ0v) is 16.2. The highest BCUT2D eigenvalue weighted by molar-refractivity contribution is 6.01. The van der Waals surface area contributed by atoms with Gasteiger partial charge in [0.05, 0.1) is 36.6 Å². The van der Waals surface area contributed by atoms with Crippen molar-refractivity contribution in [2.24, 2.45) is 11.7 Å². The molecule has 29 heavy (non-hydrogen) atoms. The number of carbonyl (C=O) groups is 4. The number of nitrogens with zero attached hydrogens (tertiary/aromatic N) is 1. The number of rotatable bonds is 9. The Balaban J connectivity index is 2.27. The summed E-state index contributed by atoms with van der Waals surface area (Å²) in [5, 5.41) is 3.15. The predicted octanol–water partition coefficient (Wildman–Crippen LogP) is 0.951. The summed E-state index contributed by atoms with van der Waals surface area (Å²) < 4.78 is 9.79. The second-order valence-electron chi connectivity index (χ2n) is 6.14. The van der Waals surface area contributed by atoms with Crippen molar-refractivity contribution in [3.05, 3.63) is 42.1 Å². The lowest BCUT2D eigenvalue weighted by Crippen LogP contribution is -2.52. The van der Waals surface area contributed by atoms with Gasteiger partial charge in [-0.3, -0.25) is 24.2 Å². The number of esters is 2. The number of para-hydroxylation sites is 1. The molecule has 0 unspecified atom stereocenters. The van der Waals surface area contributed by atoms with E-state index in [2.05, 4.69) is 10.3 Å². The number of hydrogen-bond donors (Lipinski definition) is 2. The summed E-state index contributed by atoms with van der Waals surface area (Å²) in [5.74, 6) is -4.50. The van der Waals surface area contributed by atoms with Crippen LogP contribution < -0.4 is 11.1 Å². The van der Waals surface area contributed by atoms with Crippen LogP contribution in [0.25, 0.3) is 10.9 Å². The Labute approximate surface area is 167 Å². The van der Waals surface area contributed by atoms with Gasteiger partial charge in [0.15, 0.2) is 0 Å². The van der Waals surface area contributed by atoms with Gasteiger partial charge in [-0.1, -0.05) is 18.2 Å². The first-order valence-electron chi connectivity index (χ1n) is 9.14. The number of hydrogen-bond acceptors (Lipinski definition) is 7. The fourth-order valence-electron chi connectivity index (χ4n) is 2.78. The third kappa shape index (κ3) is 5.74. The van der Waals surface area contributed by atoms with Crippen LogP contribution in [-0.2, 0) is 23.9 Å². The Kier molecular flexibility index (Phi) is 7.64. The van der Waals surface area contributed by atoms with Gasteiger partial charge < -0.3 is 20.5 Å². The monoisotopic (exact) mass is 401 g/mol. The van der Waals surface area contributed by atoms with Crippen LogP contribution in [0.2, 0.25) is 0 Å². The number of benzene rings is 1. The maximum Gasteiger partial charge on any atom is 0.312 e. The molecule has 1 heterocycles. The topological polar surface area (TPSA) is 138 Å². The lowest BCUT2D eigenvalue weighted by atomic mass is 9.95. The zero-order valence-electron chi connectivity index (χ0n) is 16.2. The largest absolute Gasteiger partial charge is 0.466 e. The van der Waals surface area contributed by atoms with Crippen molar-refractivity contribution in [2.75, 3.05) is 13.2 Å². The van der Waals surface area contributed by atoms with Gasteiger partial charge in [0.2, 0.25) is 5.91 Å². The van der Waals surface area contributed by atoms with Gasteiger partial charge in [0, 0.05) is 11.6 Å². The van der Waals surface area contributed by atoms with Gasteiger partial charge in [-0.05, 0) is 26.0 Å². The van der Waals surface area contributed by atoms with Gasteiger partial charge in [-0.15, -0.1) is 0 Å². The molecule has 0 fully saturated rings. The second-order valence-corrected chi connectivity index (χ2v) is 6.14. The van der Waals surface area contributed by atoms with Gasteiger partial charge in [0.25, 0.3) is 5.91 Å². The lowest BCUT2D eigenvalue weighted by molar-refractivity contribution is -0.156. The molecular formula is C20H23N3O6. The number of aromatic nitrogens is 1. The number of primary amides is 1. The van der Waals surface area contributed by atoms with E-state index in [4.69, 9.17) is 15.2 Å². The van der Waals surface area contributed by atoms with Crippen LogP contribution in [0.5, 0.6) is 0 Å². The first-order valence-corrected chi connectivity index (χ1v) is 9.14. The molecule has 0 aliphatic heterocycles. The molecule has 2 amide bonds. The quantitative estimate of drug-likeness (QED) is 0.597. The summed E-state index contributed by atoms with van der Waals surface area (Å²) in [6.07, 6.45) is 0.886. The van der Waals surface area contributed by atoms with Crippen molar-refractivity contribution in [3.63, 3.8) is 0 Å². The fraction of sp³-hybridized carbons (Fsp3) is 0.350. The molecule has 0 aliphatic carbocycles. The summed E-state index contributed by atoms with van der Waals surface area (Å²) in [6.45, 7) is 3.33. The molecule has 0 spiro atoms. The van der Waals surface area contributed by atoms with Crippen molar-refractivity contribution >= 4 is 34.7 Å². The maximum absolute atomic E-state index is 12.7. The molecule has 1 aromatic heterocycles. The summed E-state index contributed by atoms with van der Waals surface area (Å²) >= 11 is 0. The van der Waals surface area contributed by atoms with Crippen molar-refractivity contribution in [1.82, 2.24) is 10.3 Å². The molecule has 2 atom stereocenters. The van der Waals surface area contributed by atoms with E-state index in [1.165, 1.54) is 6.20 Å². The summed E-state index contributed by atoms with van der Waals surface area (Å²) in [7, 11) is 0. The summed E-state index contributed by atoms with van der Waals surface area (Å²) in [6, 6.07) is 7.33. The molecule has 0 aliphatic rings. The minimum absolute atomic E-state index is 0.0339. The predicted molar refractivity (Wildman–Crippen MR) is 104 cm³/mol. The van der Waals surface area contributed by atoms with Crippen molar-refractivity contribution in [3.8, 4) is 0 Å². The number of pyridine rings is 1.